The molecule has 2 amide bonds. The summed E-state index contributed by atoms with van der Waals surface area (Å²) in [6.07, 6.45) is 0.224. The maximum atomic E-state index is 13.3. The summed E-state index contributed by atoms with van der Waals surface area (Å²) in [5.74, 6) is 2.20. The van der Waals surface area contributed by atoms with E-state index in [0.29, 0.717) is 31.3 Å². The summed E-state index contributed by atoms with van der Waals surface area (Å²) in [6.45, 7) is 6.06. The van der Waals surface area contributed by atoms with Gasteiger partial charge in [-0.2, -0.15) is 4.98 Å². The van der Waals surface area contributed by atoms with Gasteiger partial charge < -0.3 is 23.8 Å². The molecule has 10 heteroatoms. The molecule has 2 saturated heterocycles. The van der Waals surface area contributed by atoms with Crippen LogP contribution in [0.15, 0.2) is 47.0 Å². The van der Waals surface area contributed by atoms with E-state index in [1.165, 1.54) is 0 Å². The highest BCUT2D eigenvalue weighted by Crippen LogP contribution is 2.33. The Hall–Kier alpha value is -3.92. The van der Waals surface area contributed by atoms with Crippen molar-refractivity contribution < 1.29 is 23.6 Å². The molecular formula is C26H27N5O5. The van der Waals surface area contributed by atoms with Crippen molar-refractivity contribution in [2.24, 2.45) is 5.92 Å². The molecule has 0 N–H and O–H groups in total. The Morgan fingerprint density at radius 1 is 1.06 bits per heavy atom. The first-order valence-electron chi connectivity index (χ1n) is 12.1. The van der Waals surface area contributed by atoms with E-state index >= 15 is 0 Å². The number of carbonyl (C=O) groups is 2. The number of aryl methyl sites for hydroxylation is 1. The van der Waals surface area contributed by atoms with Gasteiger partial charge in [-0.05, 0) is 29.8 Å². The van der Waals surface area contributed by atoms with Gasteiger partial charge in [0.2, 0.25) is 30.3 Å². The molecule has 2 aromatic carbocycles. The number of fused-ring (bicyclic) bond motifs is 1. The first-order valence-corrected chi connectivity index (χ1v) is 12.1. The van der Waals surface area contributed by atoms with Crippen molar-refractivity contribution in [3.05, 3.63) is 53.9 Å². The minimum atomic E-state index is -0.339. The molecule has 0 bridgehead atoms. The molecule has 4 heterocycles. The van der Waals surface area contributed by atoms with Crippen LogP contribution < -0.4 is 14.4 Å². The average Bonchev–Trinajstić information content (AvgIpc) is 3.64. The fraction of sp³-hybridized carbons (Fsp3) is 0.385. The Morgan fingerprint density at radius 2 is 1.89 bits per heavy atom. The summed E-state index contributed by atoms with van der Waals surface area (Å²) in [6, 6.07) is 13.5. The Morgan fingerprint density at radius 3 is 2.69 bits per heavy atom. The molecule has 6 rings (SSSR count). The number of ether oxygens (including phenoxy) is 2. The van der Waals surface area contributed by atoms with E-state index in [0.717, 1.165) is 47.9 Å². The van der Waals surface area contributed by atoms with Crippen LogP contribution >= 0.6 is 0 Å². The third kappa shape index (κ3) is 4.39. The molecular weight excluding hydrogens is 462 g/mol. The van der Waals surface area contributed by atoms with E-state index in [1.54, 1.807) is 11.8 Å². The van der Waals surface area contributed by atoms with Crippen LogP contribution in [0.3, 0.4) is 0 Å². The topological polar surface area (TPSA) is 101 Å². The van der Waals surface area contributed by atoms with E-state index in [2.05, 4.69) is 21.1 Å². The van der Waals surface area contributed by atoms with Gasteiger partial charge in [0.1, 0.15) is 0 Å². The van der Waals surface area contributed by atoms with Crippen molar-refractivity contribution in [3.63, 3.8) is 0 Å². The second kappa shape index (κ2) is 9.27. The lowest BCUT2D eigenvalue weighted by molar-refractivity contribution is -0.137. The van der Waals surface area contributed by atoms with Crippen molar-refractivity contribution >= 4 is 17.5 Å². The largest absolute Gasteiger partial charge is 0.454 e. The summed E-state index contributed by atoms with van der Waals surface area (Å²) in [7, 11) is 0. The molecule has 3 aromatic rings. The molecule has 3 aliphatic heterocycles. The highest BCUT2D eigenvalue weighted by molar-refractivity contribution is 6.00. The number of amides is 2. The van der Waals surface area contributed by atoms with Crippen LogP contribution in [0.5, 0.6) is 11.5 Å². The molecule has 10 nitrogen and oxygen atoms in total. The Kier molecular flexibility index (Phi) is 5.80. The smallest absolute Gasteiger partial charge is 0.231 e. The maximum Gasteiger partial charge on any atom is 0.231 e. The highest BCUT2D eigenvalue weighted by atomic mass is 16.7. The zero-order valence-corrected chi connectivity index (χ0v) is 20.1. The number of nitrogens with zero attached hydrogens (tertiary/aromatic N) is 5. The predicted molar refractivity (Wildman–Crippen MR) is 129 cm³/mol. The van der Waals surface area contributed by atoms with E-state index in [4.69, 9.17) is 14.0 Å². The number of rotatable bonds is 5. The van der Waals surface area contributed by atoms with E-state index in [-0.39, 0.29) is 30.9 Å². The number of carbonyl (C=O) groups excluding carboxylic acids is 2. The molecule has 0 spiro atoms. The van der Waals surface area contributed by atoms with Gasteiger partial charge in [0, 0.05) is 63.9 Å². The quantitative estimate of drug-likeness (QED) is 0.539. The van der Waals surface area contributed by atoms with Gasteiger partial charge in [-0.3, -0.25) is 14.5 Å². The number of benzene rings is 2. The number of aromatic nitrogens is 2. The Bertz CT molecular complexity index is 1300. The highest BCUT2D eigenvalue weighted by Gasteiger charge is 2.38. The zero-order valence-electron chi connectivity index (χ0n) is 20.1. The molecule has 1 atom stereocenters. The first kappa shape index (κ1) is 22.5. The average molecular weight is 490 g/mol. The van der Waals surface area contributed by atoms with Gasteiger partial charge in [0.05, 0.1) is 5.92 Å². The molecule has 1 aromatic heterocycles. The third-order valence-electron chi connectivity index (χ3n) is 6.94. The minimum absolute atomic E-state index is 0.0452. The number of anilines is 1. The van der Waals surface area contributed by atoms with Crippen LogP contribution in [0.2, 0.25) is 0 Å². The van der Waals surface area contributed by atoms with Crippen LogP contribution in [0.1, 0.15) is 17.9 Å². The summed E-state index contributed by atoms with van der Waals surface area (Å²) in [4.78, 5) is 36.3. The van der Waals surface area contributed by atoms with Gasteiger partial charge in [-0.25, -0.2) is 0 Å². The van der Waals surface area contributed by atoms with Gasteiger partial charge in [0.25, 0.3) is 0 Å². The van der Waals surface area contributed by atoms with Crippen molar-refractivity contribution in [2.75, 3.05) is 44.4 Å². The van der Waals surface area contributed by atoms with Gasteiger partial charge in [-0.1, -0.05) is 23.4 Å². The molecule has 36 heavy (non-hydrogen) atoms. The molecule has 3 aliphatic rings. The van der Waals surface area contributed by atoms with E-state index in [1.807, 2.05) is 41.3 Å². The monoisotopic (exact) mass is 489 g/mol. The molecule has 0 saturated carbocycles. The Balaban J connectivity index is 1.05. The van der Waals surface area contributed by atoms with Crippen molar-refractivity contribution in [1.82, 2.24) is 19.9 Å². The Labute approximate surface area is 208 Å². The van der Waals surface area contributed by atoms with Crippen LogP contribution in [0, 0.1) is 12.8 Å². The fourth-order valence-electron chi connectivity index (χ4n) is 5.03. The second-order valence-electron chi connectivity index (χ2n) is 9.38. The normalized spacial score (nSPS) is 19.8. The van der Waals surface area contributed by atoms with Crippen LogP contribution in [0.4, 0.5) is 5.69 Å². The van der Waals surface area contributed by atoms with Gasteiger partial charge in [0.15, 0.2) is 11.5 Å². The lowest BCUT2D eigenvalue weighted by Gasteiger charge is -2.36. The minimum Gasteiger partial charge on any atom is -0.454 e. The molecule has 0 aliphatic carbocycles. The lowest BCUT2D eigenvalue weighted by atomic mass is 10.1. The predicted octanol–water partition coefficient (Wildman–Crippen LogP) is 2.47. The van der Waals surface area contributed by atoms with Crippen LogP contribution in [0.25, 0.3) is 11.4 Å². The first-order chi connectivity index (χ1) is 17.5. The van der Waals surface area contributed by atoms with Crippen LogP contribution in [-0.2, 0) is 16.1 Å². The maximum absolute atomic E-state index is 13.3. The second-order valence-corrected chi connectivity index (χ2v) is 9.38. The SMILES string of the molecule is Cc1nc(-c2cccc(N3CC(C(=O)N4CCN(Cc5ccc6c(c5)OCO6)CC4)CC3=O)c2)no1. The molecule has 0 radical (unpaired) electrons. The fourth-order valence-corrected chi connectivity index (χ4v) is 5.03. The van der Waals surface area contributed by atoms with E-state index < -0.39 is 0 Å². The van der Waals surface area contributed by atoms with Crippen molar-refractivity contribution in [3.8, 4) is 22.9 Å². The number of hydrogen-bond donors (Lipinski definition) is 0. The lowest BCUT2D eigenvalue weighted by Crippen LogP contribution is -2.50. The summed E-state index contributed by atoms with van der Waals surface area (Å²) in [5, 5.41) is 3.96. The molecule has 2 fully saturated rings. The summed E-state index contributed by atoms with van der Waals surface area (Å²) < 4.78 is 15.9. The number of piperazine rings is 1. The van der Waals surface area contributed by atoms with Gasteiger partial charge >= 0.3 is 0 Å². The summed E-state index contributed by atoms with van der Waals surface area (Å²) in [5.41, 5.74) is 2.67. The summed E-state index contributed by atoms with van der Waals surface area (Å²) >= 11 is 0. The van der Waals surface area contributed by atoms with E-state index in [9.17, 15) is 9.59 Å². The van der Waals surface area contributed by atoms with Crippen molar-refractivity contribution in [2.45, 2.75) is 19.9 Å². The number of hydrogen-bond acceptors (Lipinski definition) is 8. The zero-order chi connectivity index (χ0) is 24.6. The standard InChI is InChI=1S/C26H27N5O5/c1-17-27-25(28-36-17)19-3-2-4-21(12-19)31-15-20(13-24(31)32)26(33)30-9-7-29(8-10-30)14-18-5-6-22-23(11-18)35-16-34-22/h2-6,11-12,20H,7-10,13-16H2,1H3. The molecule has 1 unspecified atom stereocenters. The van der Waals surface area contributed by atoms with Crippen LogP contribution in [-0.4, -0.2) is 71.3 Å². The van der Waals surface area contributed by atoms with Gasteiger partial charge in [-0.15, -0.1) is 0 Å². The molecule has 186 valence electrons. The third-order valence-corrected chi connectivity index (χ3v) is 6.94. The van der Waals surface area contributed by atoms with Crippen molar-refractivity contribution in [1.29, 1.82) is 0 Å².